The van der Waals surface area contributed by atoms with Crippen LogP contribution in [0.15, 0.2) is 35.0 Å². The van der Waals surface area contributed by atoms with Gasteiger partial charge < -0.3 is 14.7 Å². The number of benzene rings is 1. The summed E-state index contributed by atoms with van der Waals surface area (Å²) in [6, 6.07) is 6.96. The van der Waals surface area contributed by atoms with E-state index in [1.165, 1.54) is 0 Å². The van der Waals surface area contributed by atoms with E-state index < -0.39 is 5.91 Å². The van der Waals surface area contributed by atoms with Crippen LogP contribution in [-0.4, -0.2) is 44.7 Å². The Balaban J connectivity index is 1.53. The first-order valence-corrected chi connectivity index (χ1v) is 10.2. The lowest BCUT2D eigenvalue weighted by atomic mass is 10.1. The van der Waals surface area contributed by atoms with E-state index in [2.05, 4.69) is 15.6 Å². The molecule has 1 N–H and O–H groups in total. The Hall–Kier alpha value is -3.42. The normalized spacial score (nSPS) is 13.6. The summed E-state index contributed by atoms with van der Waals surface area (Å²) in [6.45, 7) is 8.12. The Morgan fingerprint density at radius 3 is 2.67 bits per heavy atom. The van der Waals surface area contributed by atoms with E-state index in [1.54, 1.807) is 30.5 Å². The number of likely N-dealkylation sites (tertiary alicyclic amines) is 1. The van der Waals surface area contributed by atoms with Gasteiger partial charge in [0, 0.05) is 48.2 Å². The first-order valence-electron chi connectivity index (χ1n) is 10.2. The number of nitrogens with one attached hydrogen (secondary N) is 1. The van der Waals surface area contributed by atoms with Crippen LogP contribution in [0.5, 0.6) is 0 Å². The molecular weight excluding hydrogens is 382 g/mol. The predicted octanol–water partition coefficient (Wildman–Crippen LogP) is 3.66. The van der Waals surface area contributed by atoms with Gasteiger partial charge in [0.2, 0.25) is 5.76 Å². The molecule has 2 aromatic heterocycles. The second-order valence-electron chi connectivity index (χ2n) is 7.47. The number of carbonyl (C=O) groups excluding carboxylic acids is 2. The molecule has 3 aromatic rings. The molecule has 4 rings (SSSR count). The van der Waals surface area contributed by atoms with E-state index in [0.717, 1.165) is 49.3 Å². The van der Waals surface area contributed by atoms with Crippen molar-refractivity contribution in [2.75, 3.05) is 18.4 Å². The largest absolute Gasteiger partial charge is 0.350 e. The molecule has 0 bridgehead atoms. The number of rotatable bonds is 5. The smallest absolute Gasteiger partial charge is 0.294 e. The summed E-state index contributed by atoms with van der Waals surface area (Å²) in [5.74, 6) is -0.307. The van der Waals surface area contributed by atoms with Crippen molar-refractivity contribution in [3.8, 4) is 11.3 Å². The molecule has 0 saturated carbocycles. The topological polar surface area (TPSA) is 93.3 Å². The minimum atomic E-state index is -0.414. The van der Waals surface area contributed by atoms with Crippen LogP contribution >= 0.6 is 0 Å². The number of hydrogen-bond donors (Lipinski definition) is 1. The Bertz CT molecular complexity index is 1090. The summed E-state index contributed by atoms with van der Waals surface area (Å²) >= 11 is 0. The van der Waals surface area contributed by atoms with Gasteiger partial charge >= 0.3 is 0 Å². The molecule has 1 aliphatic rings. The molecule has 2 amide bonds. The number of nitrogens with zero attached hydrogens (tertiary/aromatic N) is 4. The quantitative estimate of drug-likeness (QED) is 0.697. The Kier molecular flexibility index (Phi) is 5.39. The highest BCUT2D eigenvalue weighted by Crippen LogP contribution is 2.25. The van der Waals surface area contributed by atoms with Crippen molar-refractivity contribution in [1.82, 2.24) is 19.8 Å². The van der Waals surface area contributed by atoms with E-state index in [0.29, 0.717) is 16.9 Å². The second-order valence-corrected chi connectivity index (χ2v) is 7.47. The molecule has 0 atom stereocenters. The van der Waals surface area contributed by atoms with Crippen LogP contribution < -0.4 is 5.32 Å². The van der Waals surface area contributed by atoms with Crippen LogP contribution in [0.3, 0.4) is 0 Å². The minimum Gasteiger partial charge on any atom is -0.350 e. The third-order valence-electron chi connectivity index (χ3n) is 5.62. The summed E-state index contributed by atoms with van der Waals surface area (Å²) < 4.78 is 7.13. The number of aryl methyl sites for hydroxylation is 1. The highest BCUT2D eigenvalue weighted by Gasteiger charge is 2.23. The zero-order chi connectivity index (χ0) is 21.3. The molecular formula is C22H25N5O3. The zero-order valence-electron chi connectivity index (χ0n) is 17.4. The van der Waals surface area contributed by atoms with Crippen LogP contribution in [0.1, 0.15) is 51.9 Å². The highest BCUT2D eigenvalue weighted by atomic mass is 16.5. The van der Waals surface area contributed by atoms with Gasteiger partial charge in [-0.05, 0) is 51.3 Å². The third kappa shape index (κ3) is 3.60. The van der Waals surface area contributed by atoms with Crippen LogP contribution in [0.4, 0.5) is 5.69 Å². The standard InChI is InChI=1S/C22H25N5O3/c1-4-27-15(3)17(13-23-27)19-12-20(30-25-19)21(28)24-18-9-7-8-16(14(18)2)22(29)26-10-5-6-11-26/h7-9,12-13H,4-6,10-11H2,1-3H3,(H,24,28). The van der Waals surface area contributed by atoms with Gasteiger partial charge in [0.25, 0.3) is 11.8 Å². The minimum absolute atomic E-state index is 0.00598. The average Bonchev–Trinajstić information content (AvgIpc) is 3.49. The molecule has 30 heavy (non-hydrogen) atoms. The van der Waals surface area contributed by atoms with Crippen LogP contribution in [-0.2, 0) is 6.54 Å². The van der Waals surface area contributed by atoms with Gasteiger partial charge in [0.05, 0.1) is 6.20 Å². The maximum Gasteiger partial charge on any atom is 0.294 e. The average molecular weight is 407 g/mol. The maximum absolute atomic E-state index is 12.8. The molecule has 0 unspecified atom stereocenters. The fourth-order valence-electron chi connectivity index (χ4n) is 3.80. The first kappa shape index (κ1) is 19.9. The number of hydrogen-bond acceptors (Lipinski definition) is 5. The van der Waals surface area contributed by atoms with Crippen molar-refractivity contribution in [2.45, 2.75) is 40.2 Å². The van der Waals surface area contributed by atoms with Gasteiger partial charge in [-0.25, -0.2) is 0 Å². The monoisotopic (exact) mass is 407 g/mol. The lowest BCUT2D eigenvalue weighted by Gasteiger charge is -2.18. The lowest BCUT2D eigenvalue weighted by Crippen LogP contribution is -2.28. The van der Waals surface area contributed by atoms with E-state index >= 15 is 0 Å². The molecule has 1 fully saturated rings. The molecule has 1 aromatic carbocycles. The third-order valence-corrected chi connectivity index (χ3v) is 5.62. The molecule has 3 heterocycles. The number of anilines is 1. The summed E-state index contributed by atoms with van der Waals surface area (Å²) in [6.07, 6.45) is 3.79. The van der Waals surface area contributed by atoms with Crippen LogP contribution in [0, 0.1) is 13.8 Å². The molecule has 1 saturated heterocycles. The Labute approximate surface area is 174 Å². The van der Waals surface area contributed by atoms with Crippen LogP contribution in [0.25, 0.3) is 11.3 Å². The molecule has 0 aliphatic carbocycles. The summed E-state index contributed by atoms with van der Waals surface area (Å²) in [7, 11) is 0. The van der Waals surface area contributed by atoms with E-state index in [9.17, 15) is 9.59 Å². The van der Waals surface area contributed by atoms with E-state index in [1.807, 2.05) is 30.4 Å². The van der Waals surface area contributed by atoms with Crippen molar-refractivity contribution in [3.05, 3.63) is 53.0 Å². The van der Waals surface area contributed by atoms with Crippen molar-refractivity contribution >= 4 is 17.5 Å². The second kappa shape index (κ2) is 8.14. The van der Waals surface area contributed by atoms with Gasteiger partial charge in [0.1, 0.15) is 5.69 Å². The van der Waals surface area contributed by atoms with Crippen molar-refractivity contribution in [1.29, 1.82) is 0 Å². The first-order chi connectivity index (χ1) is 14.5. The maximum atomic E-state index is 12.8. The summed E-state index contributed by atoms with van der Waals surface area (Å²) in [5.41, 5.74) is 4.28. The molecule has 1 aliphatic heterocycles. The number of carbonyl (C=O) groups is 2. The van der Waals surface area contributed by atoms with Gasteiger partial charge in [-0.15, -0.1) is 0 Å². The van der Waals surface area contributed by atoms with Crippen molar-refractivity contribution in [3.63, 3.8) is 0 Å². The summed E-state index contributed by atoms with van der Waals surface area (Å²) in [4.78, 5) is 27.4. The molecule has 8 heteroatoms. The van der Waals surface area contributed by atoms with E-state index in [-0.39, 0.29) is 11.7 Å². The summed E-state index contributed by atoms with van der Waals surface area (Å²) in [5, 5.41) is 11.2. The number of aromatic nitrogens is 3. The van der Waals surface area contributed by atoms with Gasteiger partial charge in [-0.2, -0.15) is 5.10 Å². The van der Waals surface area contributed by atoms with Gasteiger partial charge in [0.15, 0.2) is 0 Å². The van der Waals surface area contributed by atoms with Crippen molar-refractivity contribution in [2.24, 2.45) is 0 Å². The molecule has 8 nitrogen and oxygen atoms in total. The zero-order valence-corrected chi connectivity index (χ0v) is 17.4. The Morgan fingerprint density at radius 1 is 1.20 bits per heavy atom. The Morgan fingerprint density at radius 2 is 1.97 bits per heavy atom. The number of amides is 2. The molecule has 0 spiro atoms. The fraction of sp³-hybridized carbons (Fsp3) is 0.364. The molecule has 156 valence electrons. The SMILES string of the molecule is CCn1ncc(-c2cc(C(=O)Nc3cccc(C(=O)N4CCCC4)c3C)on2)c1C. The van der Waals surface area contributed by atoms with Crippen LogP contribution in [0.2, 0.25) is 0 Å². The predicted molar refractivity (Wildman–Crippen MR) is 112 cm³/mol. The highest BCUT2D eigenvalue weighted by molar-refractivity contribution is 6.05. The van der Waals surface area contributed by atoms with Crippen molar-refractivity contribution < 1.29 is 14.1 Å². The van der Waals surface area contributed by atoms with Gasteiger partial charge in [-0.3, -0.25) is 14.3 Å². The lowest BCUT2D eigenvalue weighted by molar-refractivity contribution is 0.0791. The van der Waals surface area contributed by atoms with E-state index in [4.69, 9.17) is 4.52 Å². The van der Waals surface area contributed by atoms with Gasteiger partial charge in [-0.1, -0.05) is 11.2 Å². The molecule has 0 radical (unpaired) electrons. The fourth-order valence-corrected chi connectivity index (χ4v) is 3.80.